The van der Waals surface area contributed by atoms with Crippen molar-refractivity contribution in [2.45, 2.75) is 38.3 Å². The lowest BCUT2D eigenvalue weighted by molar-refractivity contribution is 0.578. The molecule has 0 spiro atoms. The van der Waals surface area contributed by atoms with Gasteiger partial charge in [0.15, 0.2) is 0 Å². The fourth-order valence-electron chi connectivity index (χ4n) is 3.36. The number of hydrogen-bond acceptors (Lipinski definition) is 1. The molecule has 0 amide bonds. The molecule has 0 aromatic heterocycles. The summed E-state index contributed by atoms with van der Waals surface area (Å²) in [6.07, 6.45) is 5.32. The van der Waals surface area contributed by atoms with E-state index in [9.17, 15) is 0 Å². The predicted molar refractivity (Wildman–Crippen MR) is 100 cm³/mol. The predicted octanol–water partition coefficient (Wildman–Crippen LogP) is 3.98. The van der Waals surface area contributed by atoms with E-state index in [0.717, 1.165) is 0 Å². The highest BCUT2D eigenvalue weighted by Gasteiger charge is 2.11. The first-order valence-corrected chi connectivity index (χ1v) is 11.3. The molecule has 2 aromatic rings. The van der Waals surface area contributed by atoms with Gasteiger partial charge in [-0.1, -0.05) is 60.2 Å². The van der Waals surface area contributed by atoms with Gasteiger partial charge in [-0.25, -0.2) is 0 Å². The first kappa shape index (κ1) is 15.4. The third-order valence-electron chi connectivity index (χ3n) is 4.89. The maximum Gasteiger partial charge on any atom is 0.0681 e. The Morgan fingerprint density at radius 1 is 0.864 bits per heavy atom. The fraction of sp³-hybridized carbons (Fsp3) is 0.400. The molecule has 0 N–H and O–H groups in total. The molecule has 0 aliphatic carbocycles. The Bertz CT molecular complexity index is 558. The van der Waals surface area contributed by atoms with Crippen LogP contribution < -0.4 is 10.1 Å². The molecular formula is C20H27NSi. The van der Waals surface area contributed by atoms with E-state index < -0.39 is 8.80 Å². The number of piperidine rings is 1. The van der Waals surface area contributed by atoms with Crippen LogP contribution in [-0.4, -0.2) is 21.9 Å². The van der Waals surface area contributed by atoms with E-state index in [1.807, 2.05) is 0 Å². The van der Waals surface area contributed by atoms with Crippen molar-refractivity contribution >= 4 is 19.7 Å². The van der Waals surface area contributed by atoms with Gasteiger partial charge >= 0.3 is 0 Å². The summed E-state index contributed by atoms with van der Waals surface area (Å²) >= 11 is 0. The Hall–Kier alpha value is -1.54. The highest BCUT2D eigenvalue weighted by Crippen LogP contribution is 2.20. The largest absolute Gasteiger partial charge is 0.372 e. The van der Waals surface area contributed by atoms with Crippen LogP contribution >= 0.6 is 0 Å². The van der Waals surface area contributed by atoms with E-state index in [1.54, 1.807) is 5.19 Å². The van der Waals surface area contributed by atoms with E-state index in [1.165, 1.54) is 56.1 Å². The van der Waals surface area contributed by atoms with Crippen LogP contribution in [0, 0.1) is 0 Å². The second-order valence-electron chi connectivity index (χ2n) is 6.56. The Balaban J connectivity index is 1.55. The fourth-order valence-corrected chi connectivity index (χ4v) is 5.34. The van der Waals surface area contributed by atoms with Crippen molar-refractivity contribution in [3.63, 3.8) is 0 Å². The summed E-state index contributed by atoms with van der Waals surface area (Å²) in [5.74, 6) is 0. The molecule has 0 unspecified atom stereocenters. The molecular weight excluding hydrogens is 282 g/mol. The normalized spacial score (nSPS) is 16.5. The van der Waals surface area contributed by atoms with Crippen LogP contribution in [-0.2, 0) is 6.42 Å². The molecule has 1 heterocycles. The molecule has 1 aliphatic rings. The molecule has 22 heavy (non-hydrogen) atoms. The van der Waals surface area contributed by atoms with Crippen LogP contribution in [0.1, 0.15) is 24.8 Å². The zero-order valence-electron chi connectivity index (χ0n) is 13.7. The second-order valence-corrected chi connectivity index (χ2v) is 9.61. The highest BCUT2D eigenvalue weighted by atomic mass is 28.3. The second kappa shape index (κ2) is 7.64. The van der Waals surface area contributed by atoms with Crippen molar-refractivity contribution in [2.24, 2.45) is 0 Å². The van der Waals surface area contributed by atoms with Gasteiger partial charge in [-0.2, -0.15) is 0 Å². The number of rotatable bonds is 5. The van der Waals surface area contributed by atoms with Crippen LogP contribution in [0.25, 0.3) is 0 Å². The average Bonchev–Trinajstić information content (AvgIpc) is 2.61. The van der Waals surface area contributed by atoms with Crippen LogP contribution in [0.4, 0.5) is 5.69 Å². The minimum atomic E-state index is -0.781. The molecule has 1 fully saturated rings. The monoisotopic (exact) mass is 309 g/mol. The molecule has 1 atom stereocenters. The van der Waals surface area contributed by atoms with Crippen molar-refractivity contribution in [1.29, 1.82) is 0 Å². The summed E-state index contributed by atoms with van der Waals surface area (Å²) < 4.78 is 0. The third-order valence-corrected chi connectivity index (χ3v) is 7.57. The SMILES string of the molecule is C[Si@H](CCc1ccc(N2CCCCC2)cc1)c1ccccc1. The molecule has 0 saturated carbocycles. The molecule has 1 aliphatic heterocycles. The van der Waals surface area contributed by atoms with Crippen LogP contribution in [0.2, 0.25) is 12.6 Å². The summed E-state index contributed by atoms with van der Waals surface area (Å²) in [7, 11) is -0.781. The molecule has 1 nitrogen and oxygen atoms in total. The van der Waals surface area contributed by atoms with Gasteiger partial charge in [0.1, 0.15) is 0 Å². The van der Waals surface area contributed by atoms with Gasteiger partial charge < -0.3 is 4.90 Å². The van der Waals surface area contributed by atoms with Gasteiger partial charge in [0.2, 0.25) is 0 Å². The molecule has 2 heteroatoms. The zero-order valence-corrected chi connectivity index (χ0v) is 14.8. The lowest BCUT2D eigenvalue weighted by atomic mass is 10.1. The Labute approximate surface area is 136 Å². The van der Waals surface area contributed by atoms with Crippen molar-refractivity contribution in [1.82, 2.24) is 0 Å². The topological polar surface area (TPSA) is 3.24 Å². The Morgan fingerprint density at radius 3 is 2.23 bits per heavy atom. The number of anilines is 1. The summed E-state index contributed by atoms with van der Waals surface area (Å²) in [4.78, 5) is 2.54. The Kier molecular flexibility index (Phi) is 5.33. The van der Waals surface area contributed by atoms with Crippen molar-refractivity contribution in [3.8, 4) is 0 Å². The van der Waals surface area contributed by atoms with Crippen LogP contribution in [0.15, 0.2) is 54.6 Å². The molecule has 2 aromatic carbocycles. The van der Waals surface area contributed by atoms with Crippen LogP contribution in [0.5, 0.6) is 0 Å². The van der Waals surface area contributed by atoms with Gasteiger partial charge in [0, 0.05) is 18.8 Å². The molecule has 0 bridgehead atoms. The average molecular weight is 310 g/mol. The maximum absolute atomic E-state index is 2.54. The van der Waals surface area contributed by atoms with Gasteiger partial charge in [0.05, 0.1) is 8.80 Å². The number of aryl methyl sites for hydroxylation is 1. The molecule has 0 radical (unpaired) electrons. The van der Waals surface area contributed by atoms with Gasteiger partial charge in [-0.3, -0.25) is 0 Å². The quantitative estimate of drug-likeness (QED) is 0.755. The summed E-state index contributed by atoms with van der Waals surface area (Å²) in [6, 6.07) is 21.8. The lowest BCUT2D eigenvalue weighted by Crippen LogP contribution is -2.29. The van der Waals surface area contributed by atoms with Crippen LogP contribution in [0.3, 0.4) is 0 Å². The summed E-state index contributed by atoms with van der Waals surface area (Å²) in [6.45, 7) is 4.94. The van der Waals surface area contributed by atoms with Gasteiger partial charge in [-0.15, -0.1) is 0 Å². The first-order valence-electron chi connectivity index (χ1n) is 8.72. The smallest absolute Gasteiger partial charge is 0.0681 e. The van der Waals surface area contributed by atoms with E-state index in [0.29, 0.717) is 0 Å². The van der Waals surface area contributed by atoms with E-state index in [4.69, 9.17) is 0 Å². The van der Waals surface area contributed by atoms with E-state index in [2.05, 4.69) is 66.0 Å². The minimum Gasteiger partial charge on any atom is -0.372 e. The summed E-state index contributed by atoms with van der Waals surface area (Å²) in [5.41, 5.74) is 2.91. The number of benzene rings is 2. The molecule has 116 valence electrons. The standard InChI is InChI=1S/C20H27NSi/c1-22(20-8-4-2-5-9-20)17-14-18-10-12-19(13-11-18)21-15-6-3-7-16-21/h2,4-5,8-13,22H,3,6-7,14-17H2,1H3/t22-/m1/s1. The van der Waals surface area contributed by atoms with Gasteiger partial charge in [0.25, 0.3) is 0 Å². The Morgan fingerprint density at radius 2 is 1.55 bits per heavy atom. The third kappa shape index (κ3) is 4.01. The van der Waals surface area contributed by atoms with Crippen molar-refractivity contribution in [2.75, 3.05) is 18.0 Å². The molecule has 3 rings (SSSR count). The van der Waals surface area contributed by atoms with Gasteiger partial charge in [-0.05, 0) is 43.4 Å². The first-order chi connectivity index (χ1) is 10.8. The maximum atomic E-state index is 2.54. The summed E-state index contributed by atoms with van der Waals surface area (Å²) in [5, 5.41) is 1.59. The zero-order chi connectivity index (χ0) is 15.2. The lowest BCUT2D eigenvalue weighted by Gasteiger charge is -2.28. The molecule has 1 saturated heterocycles. The highest BCUT2D eigenvalue weighted by molar-refractivity contribution is 6.72. The number of nitrogens with zero attached hydrogens (tertiary/aromatic N) is 1. The van der Waals surface area contributed by atoms with E-state index >= 15 is 0 Å². The van der Waals surface area contributed by atoms with Crippen molar-refractivity contribution < 1.29 is 0 Å². The van der Waals surface area contributed by atoms with Crippen molar-refractivity contribution in [3.05, 3.63) is 60.2 Å². The minimum absolute atomic E-state index is 0.781. The van der Waals surface area contributed by atoms with E-state index in [-0.39, 0.29) is 0 Å². The number of hydrogen-bond donors (Lipinski definition) is 0.